The highest BCUT2D eigenvalue weighted by Crippen LogP contribution is 2.09. The molecule has 0 saturated heterocycles. The zero-order chi connectivity index (χ0) is 28.6. The molecule has 0 spiro atoms. The van der Waals surface area contributed by atoms with Crippen LogP contribution in [0.3, 0.4) is 0 Å². The Labute approximate surface area is 228 Å². The molecule has 0 aliphatic heterocycles. The quantitative estimate of drug-likeness (QED) is 0.265. The van der Waals surface area contributed by atoms with Gasteiger partial charge in [0.2, 0.25) is 17.7 Å². The van der Waals surface area contributed by atoms with Crippen LogP contribution < -0.4 is 21.3 Å². The Hall–Kier alpha value is -4.41. The highest BCUT2D eigenvalue weighted by atomic mass is 16.5. The molecule has 2 rings (SSSR count). The van der Waals surface area contributed by atoms with E-state index in [1.54, 1.807) is 24.3 Å². The number of methoxy groups -OCH3 is 1. The molecule has 0 aliphatic rings. The van der Waals surface area contributed by atoms with Crippen LogP contribution in [0.1, 0.15) is 31.4 Å². The number of hydrogen-bond donors (Lipinski definition) is 4. The molecule has 2 atom stereocenters. The topological polar surface area (TPSA) is 152 Å². The third-order valence-electron chi connectivity index (χ3n) is 5.50. The lowest BCUT2D eigenvalue weighted by Crippen LogP contribution is -2.54. The number of benzene rings is 2. The van der Waals surface area contributed by atoms with E-state index in [-0.39, 0.29) is 18.9 Å². The number of rotatable bonds is 14. The van der Waals surface area contributed by atoms with Gasteiger partial charge in [-0.3, -0.25) is 14.4 Å². The first-order valence-corrected chi connectivity index (χ1v) is 12.6. The monoisotopic (exact) mass is 540 g/mol. The van der Waals surface area contributed by atoms with Crippen LogP contribution in [0.15, 0.2) is 60.7 Å². The van der Waals surface area contributed by atoms with Crippen molar-refractivity contribution in [1.82, 2.24) is 21.3 Å². The van der Waals surface area contributed by atoms with Gasteiger partial charge < -0.3 is 30.7 Å². The lowest BCUT2D eigenvalue weighted by atomic mass is 10.0. The number of esters is 1. The van der Waals surface area contributed by atoms with Gasteiger partial charge in [0.05, 0.1) is 13.7 Å². The molecule has 11 nitrogen and oxygen atoms in total. The van der Waals surface area contributed by atoms with Crippen LogP contribution in [0.2, 0.25) is 0 Å². The molecule has 0 aliphatic carbocycles. The average molecular weight is 541 g/mol. The van der Waals surface area contributed by atoms with Crippen molar-refractivity contribution in [3.63, 3.8) is 0 Å². The number of alkyl carbamates (subject to hydrolysis) is 1. The molecule has 210 valence electrons. The maximum absolute atomic E-state index is 13.1. The number of nitrogens with one attached hydrogen (secondary N) is 4. The van der Waals surface area contributed by atoms with E-state index >= 15 is 0 Å². The van der Waals surface area contributed by atoms with Gasteiger partial charge in [0.1, 0.15) is 25.2 Å². The summed E-state index contributed by atoms with van der Waals surface area (Å²) in [4.78, 5) is 61.8. The summed E-state index contributed by atoms with van der Waals surface area (Å²) < 4.78 is 9.84. The van der Waals surface area contributed by atoms with Crippen molar-refractivity contribution in [1.29, 1.82) is 0 Å². The number of carbonyl (C=O) groups excluding carboxylic acids is 5. The summed E-state index contributed by atoms with van der Waals surface area (Å²) in [5, 5.41) is 9.97. The molecule has 0 aromatic heterocycles. The molecule has 2 aromatic rings. The number of carbonyl (C=O) groups is 5. The first-order valence-electron chi connectivity index (χ1n) is 12.6. The third-order valence-corrected chi connectivity index (χ3v) is 5.50. The Balaban J connectivity index is 1.88. The highest BCUT2D eigenvalue weighted by molar-refractivity contribution is 5.92. The minimum atomic E-state index is -1.01. The van der Waals surface area contributed by atoms with E-state index in [0.29, 0.717) is 6.42 Å². The van der Waals surface area contributed by atoms with E-state index in [0.717, 1.165) is 11.1 Å². The van der Waals surface area contributed by atoms with E-state index in [1.807, 2.05) is 50.2 Å². The van der Waals surface area contributed by atoms with Crippen LogP contribution in [0.4, 0.5) is 4.79 Å². The lowest BCUT2D eigenvalue weighted by Gasteiger charge is -2.23. The largest absolute Gasteiger partial charge is 0.467 e. The predicted octanol–water partition coefficient (Wildman–Crippen LogP) is 1.46. The molecular formula is C28H36N4O7. The molecule has 39 heavy (non-hydrogen) atoms. The summed E-state index contributed by atoms with van der Waals surface area (Å²) in [7, 11) is 1.24. The Kier molecular flexibility index (Phi) is 13.0. The fraction of sp³-hybridized carbons (Fsp3) is 0.393. The summed E-state index contributed by atoms with van der Waals surface area (Å²) in [5.74, 6) is -2.27. The van der Waals surface area contributed by atoms with E-state index in [1.165, 1.54) is 7.11 Å². The van der Waals surface area contributed by atoms with E-state index < -0.39 is 55.0 Å². The van der Waals surface area contributed by atoms with Gasteiger partial charge in [-0.2, -0.15) is 0 Å². The van der Waals surface area contributed by atoms with E-state index in [9.17, 15) is 24.0 Å². The van der Waals surface area contributed by atoms with E-state index in [4.69, 9.17) is 9.47 Å². The van der Waals surface area contributed by atoms with Gasteiger partial charge in [-0.15, -0.1) is 0 Å². The molecule has 4 amide bonds. The standard InChI is InChI=1S/C28H36N4O7/c1-19(2)14-23(27(36)38-3)32-26(35)22(15-20-10-6-4-7-11-20)31-25(34)17-29-24(33)16-30-28(37)39-18-21-12-8-5-9-13-21/h4-13,19,22-23H,14-18H2,1-3H3,(H,29,33)(H,30,37)(H,31,34)(H,32,35)/t22-,23-/m0/s1. The number of ether oxygens (including phenoxy) is 2. The van der Waals surface area contributed by atoms with Gasteiger partial charge in [0.25, 0.3) is 0 Å². The normalized spacial score (nSPS) is 12.0. The van der Waals surface area contributed by atoms with Crippen LogP contribution in [-0.4, -0.2) is 62.1 Å². The van der Waals surface area contributed by atoms with Crippen molar-refractivity contribution < 1.29 is 33.4 Å². The minimum absolute atomic E-state index is 0.0512. The van der Waals surface area contributed by atoms with Crippen LogP contribution in [0.25, 0.3) is 0 Å². The first-order chi connectivity index (χ1) is 18.7. The summed E-state index contributed by atoms with van der Waals surface area (Å²) in [6, 6.07) is 16.2. The van der Waals surface area contributed by atoms with Gasteiger partial charge in [-0.05, 0) is 23.5 Å². The zero-order valence-electron chi connectivity index (χ0n) is 22.4. The SMILES string of the molecule is COC(=O)[C@H](CC(C)C)NC(=O)[C@H](Cc1ccccc1)NC(=O)CNC(=O)CNC(=O)OCc1ccccc1. The second-order valence-electron chi connectivity index (χ2n) is 9.22. The smallest absolute Gasteiger partial charge is 0.407 e. The molecule has 11 heteroatoms. The van der Waals surface area contributed by atoms with Gasteiger partial charge in [-0.25, -0.2) is 9.59 Å². The molecule has 0 radical (unpaired) electrons. The summed E-state index contributed by atoms with van der Waals surface area (Å²) in [6.45, 7) is 3.04. The molecule has 0 heterocycles. The zero-order valence-corrected chi connectivity index (χ0v) is 22.4. The Morgan fingerprint density at radius 3 is 1.92 bits per heavy atom. The molecule has 0 saturated carbocycles. The fourth-order valence-electron chi connectivity index (χ4n) is 3.57. The summed E-state index contributed by atoms with van der Waals surface area (Å²) in [6.07, 6.45) is -0.252. The molecule has 4 N–H and O–H groups in total. The van der Waals surface area contributed by atoms with Crippen molar-refractivity contribution in [2.24, 2.45) is 5.92 Å². The third kappa shape index (κ3) is 12.1. The lowest BCUT2D eigenvalue weighted by molar-refractivity contribution is -0.145. The maximum Gasteiger partial charge on any atom is 0.407 e. The molecule has 0 unspecified atom stereocenters. The van der Waals surface area contributed by atoms with Gasteiger partial charge in [0.15, 0.2) is 0 Å². The van der Waals surface area contributed by atoms with Crippen LogP contribution in [0.5, 0.6) is 0 Å². The number of amides is 4. The second kappa shape index (κ2) is 16.4. The van der Waals surface area contributed by atoms with Crippen LogP contribution in [-0.2, 0) is 41.7 Å². The Bertz CT molecular complexity index is 1090. The molecular weight excluding hydrogens is 504 g/mol. The van der Waals surface area contributed by atoms with E-state index in [2.05, 4.69) is 21.3 Å². The van der Waals surface area contributed by atoms with Gasteiger partial charge in [-0.1, -0.05) is 74.5 Å². The van der Waals surface area contributed by atoms with Gasteiger partial charge in [0, 0.05) is 6.42 Å². The minimum Gasteiger partial charge on any atom is -0.467 e. The maximum atomic E-state index is 13.1. The van der Waals surface area contributed by atoms with Crippen molar-refractivity contribution in [3.05, 3.63) is 71.8 Å². The Morgan fingerprint density at radius 1 is 0.744 bits per heavy atom. The first kappa shape index (κ1) is 30.8. The summed E-state index contributed by atoms with van der Waals surface area (Å²) in [5.41, 5.74) is 1.59. The van der Waals surface area contributed by atoms with Crippen molar-refractivity contribution in [2.75, 3.05) is 20.2 Å². The highest BCUT2D eigenvalue weighted by Gasteiger charge is 2.28. The van der Waals surface area contributed by atoms with Crippen LogP contribution in [0, 0.1) is 5.92 Å². The van der Waals surface area contributed by atoms with Crippen LogP contribution >= 0.6 is 0 Å². The Morgan fingerprint density at radius 2 is 1.33 bits per heavy atom. The summed E-state index contributed by atoms with van der Waals surface area (Å²) >= 11 is 0. The van der Waals surface area contributed by atoms with Crippen molar-refractivity contribution in [2.45, 2.75) is 45.4 Å². The van der Waals surface area contributed by atoms with Gasteiger partial charge >= 0.3 is 12.1 Å². The molecule has 0 bridgehead atoms. The molecule has 2 aromatic carbocycles. The number of hydrogen-bond acceptors (Lipinski definition) is 7. The second-order valence-corrected chi connectivity index (χ2v) is 9.22. The fourth-order valence-corrected chi connectivity index (χ4v) is 3.57. The average Bonchev–Trinajstić information content (AvgIpc) is 2.93. The predicted molar refractivity (Wildman–Crippen MR) is 143 cm³/mol. The van der Waals surface area contributed by atoms with Crippen molar-refractivity contribution >= 4 is 29.8 Å². The van der Waals surface area contributed by atoms with Crippen molar-refractivity contribution in [3.8, 4) is 0 Å². The molecule has 0 fully saturated rings.